The van der Waals surface area contributed by atoms with Gasteiger partial charge in [-0.15, -0.1) is 0 Å². The van der Waals surface area contributed by atoms with E-state index in [2.05, 4.69) is 20.8 Å². The predicted molar refractivity (Wildman–Crippen MR) is 173 cm³/mol. The Kier molecular flexibility index (Phi) is 20.9. The molecular formula is C36H52O6. The summed E-state index contributed by atoms with van der Waals surface area (Å²) in [5.41, 5.74) is 1.90. The highest BCUT2D eigenvalue weighted by molar-refractivity contribution is 5.87. The van der Waals surface area contributed by atoms with E-state index in [1.807, 2.05) is 48.5 Å². The molecule has 2 rings (SSSR count). The van der Waals surface area contributed by atoms with Gasteiger partial charge in [0.05, 0.1) is 20.8 Å². The second-order valence-electron chi connectivity index (χ2n) is 10.1. The van der Waals surface area contributed by atoms with Crippen molar-refractivity contribution in [2.75, 3.05) is 20.8 Å². The summed E-state index contributed by atoms with van der Waals surface area (Å²) in [6, 6.07) is 15.1. The van der Waals surface area contributed by atoms with Crippen LogP contribution in [0.15, 0.2) is 60.7 Å². The van der Waals surface area contributed by atoms with Crippen molar-refractivity contribution < 1.29 is 28.5 Å². The van der Waals surface area contributed by atoms with Crippen LogP contribution in [0.1, 0.15) is 103 Å². The van der Waals surface area contributed by atoms with E-state index in [-0.39, 0.29) is 18.0 Å². The molecule has 0 bridgehead atoms. The zero-order chi connectivity index (χ0) is 30.8. The number of benzene rings is 2. The molecule has 2 aromatic rings. The number of carbonyl (C=O) groups excluding carboxylic acids is 2. The lowest BCUT2D eigenvalue weighted by atomic mass is 10.1. The molecule has 6 nitrogen and oxygen atoms in total. The molecule has 0 heterocycles. The van der Waals surface area contributed by atoms with Crippen molar-refractivity contribution in [1.82, 2.24) is 0 Å². The molecule has 2 aromatic carbocycles. The average Bonchev–Trinajstić information content (AvgIpc) is 3.02. The summed E-state index contributed by atoms with van der Waals surface area (Å²) in [6.45, 7) is 6.94. The van der Waals surface area contributed by atoms with Gasteiger partial charge in [-0.05, 0) is 73.2 Å². The summed E-state index contributed by atoms with van der Waals surface area (Å²) in [7, 11) is 3.26. The zero-order valence-electron chi connectivity index (χ0n) is 26.4. The van der Waals surface area contributed by atoms with Crippen LogP contribution in [-0.4, -0.2) is 38.9 Å². The molecule has 0 aromatic heterocycles. The van der Waals surface area contributed by atoms with Crippen LogP contribution in [0.2, 0.25) is 0 Å². The first kappa shape index (κ1) is 36.5. The third-order valence-electron chi connectivity index (χ3n) is 6.67. The summed E-state index contributed by atoms with van der Waals surface area (Å²) in [6.07, 6.45) is 19.0. The minimum atomic E-state index is -0.278. The van der Waals surface area contributed by atoms with E-state index < -0.39 is 0 Å². The molecule has 0 aliphatic carbocycles. The lowest BCUT2D eigenvalue weighted by Gasteiger charge is -2.14. The van der Waals surface area contributed by atoms with Crippen LogP contribution in [-0.2, 0) is 19.1 Å². The van der Waals surface area contributed by atoms with Crippen LogP contribution in [0.4, 0.5) is 0 Å². The maximum absolute atomic E-state index is 11.8. The van der Waals surface area contributed by atoms with Gasteiger partial charge in [0.2, 0.25) is 0 Å². The molecule has 0 aliphatic heterocycles. The number of rotatable bonds is 19. The number of carbonyl (C=O) groups is 2. The number of hydrogen-bond acceptors (Lipinski definition) is 6. The number of esters is 2. The van der Waals surface area contributed by atoms with E-state index in [0.29, 0.717) is 6.61 Å². The van der Waals surface area contributed by atoms with E-state index in [1.54, 1.807) is 26.4 Å². The summed E-state index contributed by atoms with van der Waals surface area (Å²) in [5.74, 6) is 1.06. The summed E-state index contributed by atoms with van der Waals surface area (Å²) >= 11 is 0. The van der Waals surface area contributed by atoms with Crippen molar-refractivity contribution in [2.45, 2.75) is 97.5 Å². The fourth-order valence-electron chi connectivity index (χ4n) is 4.03. The van der Waals surface area contributed by atoms with Gasteiger partial charge >= 0.3 is 11.9 Å². The number of ether oxygens (including phenoxy) is 4. The van der Waals surface area contributed by atoms with Crippen molar-refractivity contribution >= 4 is 24.1 Å². The Morgan fingerprint density at radius 3 is 1.62 bits per heavy atom. The quantitative estimate of drug-likeness (QED) is 0.0937. The van der Waals surface area contributed by atoms with Crippen LogP contribution in [0, 0.1) is 0 Å². The second-order valence-corrected chi connectivity index (χ2v) is 10.1. The largest absolute Gasteiger partial charge is 0.497 e. The highest BCUT2D eigenvalue weighted by Gasteiger charge is 2.10. The van der Waals surface area contributed by atoms with Crippen LogP contribution >= 0.6 is 0 Å². The van der Waals surface area contributed by atoms with E-state index in [1.165, 1.54) is 50.7 Å². The fraction of sp³-hybridized carbons (Fsp3) is 0.500. The maximum atomic E-state index is 11.8. The van der Waals surface area contributed by atoms with Crippen LogP contribution < -0.4 is 9.47 Å². The topological polar surface area (TPSA) is 71.1 Å². The Bertz CT molecular complexity index is 1020. The standard InChI is InChI=1S/2C18H26O3/c1-4-6-7-8-16(5-2)21-18(19)14-11-15-9-12-17(20-3)13-10-15;1-3-4-5-6-7-8-15-21-18(19)14-11-16-9-12-17(20-2)13-10-16/h9-14,16H,4-8H2,1-3H3;9-14H,3-8,15H2,1-2H3. The minimum absolute atomic E-state index is 0.0320. The molecule has 0 amide bonds. The van der Waals surface area contributed by atoms with E-state index >= 15 is 0 Å². The third kappa shape index (κ3) is 18.0. The predicted octanol–water partition coefficient (Wildman–Crippen LogP) is 9.22. The van der Waals surface area contributed by atoms with Gasteiger partial charge in [-0.1, -0.05) is 90.0 Å². The number of methoxy groups -OCH3 is 2. The van der Waals surface area contributed by atoms with Gasteiger partial charge in [-0.2, -0.15) is 0 Å². The van der Waals surface area contributed by atoms with Crippen LogP contribution in [0.3, 0.4) is 0 Å². The zero-order valence-corrected chi connectivity index (χ0v) is 26.4. The van der Waals surface area contributed by atoms with Gasteiger partial charge in [-0.25, -0.2) is 9.59 Å². The summed E-state index contributed by atoms with van der Waals surface area (Å²) in [5, 5.41) is 0. The molecule has 0 aliphatic rings. The lowest BCUT2D eigenvalue weighted by molar-refractivity contribution is -0.143. The van der Waals surface area contributed by atoms with Gasteiger partial charge < -0.3 is 18.9 Å². The summed E-state index contributed by atoms with van der Waals surface area (Å²) < 4.78 is 20.8. The third-order valence-corrected chi connectivity index (χ3v) is 6.67. The number of unbranched alkanes of at least 4 members (excludes halogenated alkanes) is 7. The molecule has 232 valence electrons. The van der Waals surface area contributed by atoms with Crippen molar-refractivity contribution in [3.8, 4) is 11.5 Å². The SMILES string of the molecule is CCCCCC(CC)OC(=O)C=Cc1ccc(OC)cc1.CCCCCCCCOC(=O)C=Cc1ccc(OC)cc1. The highest BCUT2D eigenvalue weighted by Crippen LogP contribution is 2.14. The first-order valence-corrected chi connectivity index (χ1v) is 15.5. The van der Waals surface area contributed by atoms with E-state index in [9.17, 15) is 9.59 Å². The van der Waals surface area contributed by atoms with Crippen molar-refractivity contribution in [1.29, 1.82) is 0 Å². The smallest absolute Gasteiger partial charge is 0.331 e. The van der Waals surface area contributed by atoms with E-state index in [0.717, 1.165) is 54.7 Å². The molecule has 0 saturated carbocycles. The molecule has 42 heavy (non-hydrogen) atoms. The monoisotopic (exact) mass is 580 g/mol. The average molecular weight is 581 g/mol. The van der Waals surface area contributed by atoms with Gasteiger partial charge in [0.15, 0.2) is 0 Å². The Morgan fingerprint density at radius 2 is 1.12 bits per heavy atom. The molecule has 0 N–H and O–H groups in total. The van der Waals surface area contributed by atoms with Gasteiger partial charge in [0, 0.05) is 12.2 Å². The number of hydrogen-bond donors (Lipinski definition) is 0. The maximum Gasteiger partial charge on any atom is 0.331 e. The molecular weight excluding hydrogens is 528 g/mol. The second kappa shape index (κ2) is 24.1. The fourth-order valence-corrected chi connectivity index (χ4v) is 4.03. The molecule has 0 fully saturated rings. The molecule has 1 unspecified atom stereocenters. The Labute approximate surface area is 254 Å². The van der Waals surface area contributed by atoms with Crippen LogP contribution in [0.25, 0.3) is 12.2 Å². The molecule has 1 atom stereocenters. The van der Waals surface area contributed by atoms with Crippen molar-refractivity contribution in [2.24, 2.45) is 0 Å². The highest BCUT2D eigenvalue weighted by atomic mass is 16.5. The normalized spacial score (nSPS) is 11.5. The molecule has 0 saturated heterocycles. The Balaban J connectivity index is 0.000000420. The molecule has 6 heteroatoms. The van der Waals surface area contributed by atoms with Gasteiger partial charge in [-0.3, -0.25) is 0 Å². The minimum Gasteiger partial charge on any atom is -0.497 e. The van der Waals surface area contributed by atoms with Crippen LogP contribution in [0.5, 0.6) is 11.5 Å². The lowest BCUT2D eigenvalue weighted by Crippen LogP contribution is -2.15. The first-order chi connectivity index (χ1) is 20.4. The van der Waals surface area contributed by atoms with Crippen molar-refractivity contribution in [3.05, 3.63) is 71.8 Å². The van der Waals surface area contributed by atoms with E-state index in [4.69, 9.17) is 18.9 Å². The van der Waals surface area contributed by atoms with Gasteiger partial charge in [0.25, 0.3) is 0 Å². The van der Waals surface area contributed by atoms with Gasteiger partial charge in [0.1, 0.15) is 17.6 Å². The Morgan fingerprint density at radius 1 is 0.643 bits per heavy atom. The molecule has 0 spiro atoms. The molecule has 0 radical (unpaired) electrons. The first-order valence-electron chi connectivity index (χ1n) is 15.5. The summed E-state index contributed by atoms with van der Waals surface area (Å²) in [4.78, 5) is 23.3. The van der Waals surface area contributed by atoms with Crippen molar-refractivity contribution in [3.63, 3.8) is 0 Å². The Hall–Kier alpha value is -3.54.